The van der Waals surface area contributed by atoms with E-state index in [1.165, 1.54) is 6.42 Å². The maximum atomic E-state index is 8.65. The molecule has 1 heterocycles. The zero-order chi connectivity index (χ0) is 9.61. The minimum Gasteiger partial charge on any atom is -0.534 e. The van der Waals surface area contributed by atoms with E-state index in [1.807, 2.05) is 0 Å². The Kier molecular flexibility index (Phi) is 5.20. The molecule has 1 aliphatic heterocycles. The summed E-state index contributed by atoms with van der Waals surface area (Å²) in [6.45, 7) is 4.98. The van der Waals surface area contributed by atoms with Gasteiger partial charge < -0.3 is 9.90 Å². The lowest BCUT2D eigenvalue weighted by atomic mass is 10.0. The Morgan fingerprint density at radius 2 is 2.17 bits per heavy atom. The van der Waals surface area contributed by atoms with Crippen LogP contribution in [-0.2, 0) is 9.78 Å². The largest absolute Gasteiger partial charge is 0.534 e. The fourth-order valence-electron chi connectivity index (χ4n) is 0.903. The highest BCUT2D eigenvalue weighted by atomic mass is 35.5. The van der Waals surface area contributed by atoms with Gasteiger partial charge in [-0.15, -0.1) is 0 Å². The van der Waals surface area contributed by atoms with Gasteiger partial charge in [0.15, 0.2) is 0 Å². The smallest absolute Gasteiger partial charge is 0.134 e. The highest BCUT2D eigenvalue weighted by Gasteiger charge is 2.34. The second-order valence-corrected chi connectivity index (χ2v) is 3.09. The third-order valence-corrected chi connectivity index (χ3v) is 1.40. The van der Waals surface area contributed by atoms with Crippen molar-refractivity contribution in [2.75, 3.05) is 6.61 Å². The molecule has 1 unspecified atom stereocenters. The molecule has 5 heteroatoms. The normalized spacial score (nSPS) is 26.6. The highest BCUT2D eigenvalue weighted by molar-refractivity contribution is 6.59. The standard InChI is InChI=1S/C6H12O2.CHClO2/c1-3-4-6(2)5-7-8-6;2-1(3)4/h3-5H2,1-2H3;(H,3,4)/p-1. The van der Waals surface area contributed by atoms with Gasteiger partial charge in [-0.3, -0.25) is 0 Å². The van der Waals surface area contributed by atoms with Crippen LogP contribution in [0.25, 0.3) is 0 Å². The van der Waals surface area contributed by atoms with Crippen LogP contribution in [-0.4, -0.2) is 17.6 Å². The summed E-state index contributed by atoms with van der Waals surface area (Å²) < 4.78 is 0. The fraction of sp³-hybridized carbons (Fsp3) is 0.857. The van der Waals surface area contributed by atoms with Crippen LogP contribution in [0.4, 0.5) is 4.79 Å². The summed E-state index contributed by atoms with van der Waals surface area (Å²) in [7, 11) is 0. The Morgan fingerprint density at radius 1 is 1.75 bits per heavy atom. The fourth-order valence-corrected chi connectivity index (χ4v) is 0.903. The van der Waals surface area contributed by atoms with Gasteiger partial charge in [0.1, 0.15) is 17.6 Å². The monoisotopic (exact) mass is 195 g/mol. The van der Waals surface area contributed by atoms with Gasteiger partial charge in [0.05, 0.1) is 0 Å². The molecule has 1 aliphatic rings. The third kappa shape index (κ3) is 5.35. The quantitative estimate of drug-likeness (QED) is 0.489. The van der Waals surface area contributed by atoms with Crippen LogP contribution in [0, 0.1) is 0 Å². The van der Waals surface area contributed by atoms with Gasteiger partial charge in [0.2, 0.25) is 0 Å². The number of hydrogen-bond acceptors (Lipinski definition) is 4. The van der Waals surface area contributed by atoms with Crippen molar-refractivity contribution in [3.63, 3.8) is 0 Å². The van der Waals surface area contributed by atoms with E-state index in [0.29, 0.717) is 0 Å². The van der Waals surface area contributed by atoms with Crippen LogP contribution >= 0.6 is 11.6 Å². The van der Waals surface area contributed by atoms with Crippen molar-refractivity contribution < 1.29 is 19.7 Å². The molecule has 12 heavy (non-hydrogen) atoms. The number of halogens is 1. The summed E-state index contributed by atoms with van der Waals surface area (Å²) in [6.07, 6.45) is 2.27. The molecule has 0 radical (unpaired) electrons. The molecular weight excluding hydrogens is 184 g/mol. The van der Waals surface area contributed by atoms with Crippen LogP contribution in [0.15, 0.2) is 0 Å². The molecule has 0 bridgehead atoms. The van der Waals surface area contributed by atoms with Gasteiger partial charge in [-0.25, -0.2) is 9.78 Å². The lowest BCUT2D eigenvalue weighted by Gasteiger charge is -2.35. The molecule has 4 nitrogen and oxygen atoms in total. The van der Waals surface area contributed by atoms with Gasteiger partial charge in [0, 0.05) is 0 Å². The second-order valence-electron chi connectivity index (χ2n) is 2.78. The molecule has 0 aromatic carbocycles. The van der Waals surface area contributed by atoms with E-state index in [9.17, 15) is 0 Å². The SMILES string of the molecule is CCCC1(C)COO1.O=C([O-])Cl. The number of rotatable bonds is 2. The molecule has 0 aromatic rings. The lowest BCUT2D eigenvalue weighted by molar-refractivity contribution is -0.467. The molecule has 1 atom stereocenters. The van der Waals surface area contributed by atoms with E-state index in [2.05, 4.69) is 30.3 Å². The third-order valence-electron chi connectivity index (χ3n) is 1.40. The first-order valence-electron chi connectivity index (χ1n) is 3.67. The average molecular weight is 196 g/mol. The van der Waals surface area contributed by atoms with Crippen molar-refractivity contribution in [2.24, 2.45) is 0 Å². The summed E-state index contributed by atoms with van der Waals surface area (Å²) in [5.41, 5.74) is -1.56. The predicted octanol–water partition coefficient (Wildman–Crippen LogP) is 1.08. The Hall–Kier alpha value is -0.320. The van der Waals surface area contributed by atoms with E-state index in [0.717, 1.165) is 13.0 Å². The lowest BCUT2D eigenvalue weighted by Crippen LogP contribution is -2.44. The summed E-state index contributed by atoms with van der Waals surface area (Å²) in [4.78, 5) is 18.1. The minimum absolute atomic E-state index is 0.0503. The molecule has 1 saturated heterocycles. The summed E-state index contributed by atoms with van der Waals surface area (Å²) in [5, 5.41) is 8.65. The van der Waals surface area contributed by atoms with Crippen molar-refractivity contribution >= 4 is 17.0 Å². The first-order valence-corrected chi connectivity index (χ1v) is 4.05. The van der Waals surface area contributed by atoms with Crippen LogP contribution in [0.2, 0.25) is 0 Å². The van der Waals surface area contributed by atoms with Crippen molar-refractivity contribution in [3.8, 4) is 0 Å². The van der Waals surface area contributed by atoms with E-state index < -0.39 is 5.43 Å². The van der Waals surface area contributed by atoms with Gasteiger partial charge in [-0.2, -0.15) is 0 Å². The Labute approximate surface area is 76.3 Å². The van der Waals surface area contributed by atoms with Gasteiger partial charge >= 0.3 is 0 Å². The maximum Gasteiger partial charge on any atom is 0.134 e. The molecule has 0 spiro atoms. The zero-order valence-electron chi connectivity index (χ0n) is 7.13. The van der Waals surface area contributed by atoms with E-state index in [4.69, 9.17) is 14.8 Å². The molecule has 0 saturated carbocycles. The van der Waals surface area contributed by atoms with Gasteiger partial charge in [-0.1, -0.05) is 24.9 Å². The summed E-state index contributed by atoms with van der Waals surface area (Å²) in [5.74, 6) is 0. The van der Waals surface area contributed by atoms with E-state index in [-0.39, 0.29) is 5.60 Å². The van der Waals surface area contributed by atoms with Crippen LogP contribution in [0.3, 0.4) is 0 Å². The number of carbonyl (C=O) groups excluding carboxylic acids is 1. The van der Waals surface area contributed by atoms with Crippen LogP contribution in [0.5, 0.6) is 0 Å². The van der Waals surface area contributed by atoms with Crippen molar-refractivity contribution in [1.29, 1.82) is 0 Å². The molecule has 0 aromatic heterocycles. The molecule has 72 valence electrons. The number of hydrogen-bond donors (Lipinski definition) is 0. The topological polar surface area (TPSA) is 58.6 Å². The number of carboxylic acid groups (broad SMARTS) is 1. The Morgan fingerprint density at radius 3 is 2.25 bits per heavy atom. The van der Waals surface area contributed by atoms with Crippen molar-refractivity contribution in [1.82, 2.24) is 0 Å². The minimum atomic E-state index is -1.61. The Balaban J connectivity index is 0.000000261. The van der Waals surface area contributed by atoms with Crippen LogP contribution < -0.4 is 5.11 Å². The summed E-state index contributed by atoms with van der Waals surface area (Å²) >= 11 is 4.08. The maximum absolute atomic E-state index is 8.65. The highest BCUT2D eigenvalue weighted by Crippen LogP contribution is 2.26. The zero-order valence-corrected chi connectivity index (χ0v) is 7.89. The number of carbonyl (C=O) groups is 1. The molecule has 0 amide bonds. The Bertz CT molecular complexity index is 140. The predicted molar refractivity (Wildman–Crippen MR) is 41.6 cm³/mol. The summed E-state index contributed by atoms with van der Waals surface area (Å²) in [6, 6.07) is 0. The van der Waals surface area contributed by atoms with Crippen molar-refractivity contribution in [2.45, 2.75) is 32.3 Å². The molecule has 1 rings (SSSR count). The first-order chi connectivity index (χ1) is 5.50. The molecule has 0 aliphatic carbocycles. The first kappa shape index (κ1) is 11.7. The van der Waals surface area contributed by atoms with Gasteiger partial charge in [0.25, 0.3) is 0 Å². The van der Waals surface area contributed by atoms with Crippen LogP contribution in [0.1, 0.15) is 26.7 Å². The molecule has 0 N–H and O–H groups in total. The van der Waals surface area contributed by atoms with Crippen molar-refractivity contribution in [3.05, 3.63) is 0 Å². The average Bonchev–Trinajstić information content (AvgIpc) is 1.84. The molecule has 1 fully saturated rings. The molecular formula is C7H12ClO4-. The van der Waals surface area contributed by atoms with E-state index >= 15 is 0 Å². The second kappa shape index (κ2) is 5.35. The van der Waals surface area contributed by atoms with E-state index in [1.54, 1.807) is 0 Å². The van der Waals surface area contributed by atoms with Gasteiger partial charge in [-0.05, 0) is 13.3 Å².